The summed E-state index contributed by atoms with van der Waals surface area (Å²) in [7, 11) is 0. The van der Waals surface area contributed by atoms with E-state index >= 15 is 0 Å². The van der Waals surface area contributed by atoms with Gasteiger partial charge in [0.2, 0.25) is 6.23 Å². The average molecular weight is 437 g/mol. The summed E-state index contributed by atoms with van der Waals surface area (Å²) in [4.78, 5) is 25.8. The van der Waals surface area contributed by atoms with Crippen LogP contribution < -0.4 is 21.9 Å². The van der Waals surface area contributed by atoms with Gasteiger partial charge in [-0.2, -0.15) is 0 Å². The molecule has 0 fully saturated rings. The number of aromatic nitrogens is 1. The molecule has 1 unspecified atom stereocenters. The molecule has 166 valence electrons. The van der Waals surface area contributed by atoms with Crippen LogP contribution in [0, 0.1) is 11.2 Å². The van der Waals surface area contributed by atoms with E-state index in [2.05, 4.69) is 10.6 Å². The molecule has 0 aliphatic carbocycles. The third-order valence-electron chi connectivity index (χ3n) is 4.61. The molecule has 9 heteroatoms. The number of nitrogens with one attached hydrogen (secondary N) is 3. The second-order valence-electron chi connectivity index (χ2n) is 6.91. The van der Waals surface area contributed by atoms with Gasteiger partial charge in [0.1, 0.15) is 17.3 Å². The molecule has 2 aromatic carbocycles. The number of amidine groups is 1. The number of nitrogen functional groups attached to an aromatic ring is 1. The Labute approximate surface area is 184 Å². The van der Waals surface area contributed by atoms with Gasteiger partial charge in [0.05, 0.1) is 0 Å². The van der Waals surface area contributed by atoms with Crippen LogP contribution in [0.1, 0.15) is 24.3 Å². The number of pyridine rings is 1. The molecular formula is C23H24FN5O3. The number of carbonyl (C=O) groups is 1. The van der Waals surface area contributed by atoms with Crippen molar-refractivity contribution >= 4 is 23.1 Å². The Bertz CT molecular complexity index is 1160. The molecule has 1 atom stereocenters. The van der Waals surface area contributed by atoms with Crippen molar-refractivity contribution in [1.82, 2.24) is 9.88 Å². The zero-order valence-corrected chi connectivity index (χ0v) is 17.5. The molecule has 0 radical (unpaired) electrons. The van der Waals surface area contributed by atoms with Gasteiger partial charge >= 0.3 is 0 Å². The fourth-order valence-corrected chi connectivity index (χ4v) is 3.03. The lowest BCUT2D eigenvalue weighted by Crippen LogP contribution is -2.38. The van der Waals surface area contributed by atoms with Crippen molar-refractivity contribution in [2.24, 2.45) is 5.73 Å². The maximum Gasteiger partial charge on any atom is 0.276 e. The summed E-state index contributed by atoms with van der Waals surface area (Å²) in [6, 6.07) is 15.8. The topological polar surface area (TPSA) is 122 Å². The molecule has 0 bridgehead atoms. The fourth-order valence-electron chi connectivity index (χ4n) is 3.03. The normalized spacial score (nSPS) is 11.6. The van der Waals surface area contributed by atoms with E-state index in [1.165, 1.54) is 29.0 Å². The summed E-state index contributed by atoms with van der Waals surface area (Å²) in [5, 5.41) is 13.1. The van der Waals surface area contributed by atoms with Gasteiger partial charge in [0.15, 0.2) is 0 Å². The minimum absolute atomic E-state index is 0.0388. The zero-order chi connectivity index (χ0) is 23.1. The summed E-state index contributed by atoms with van der Waals surface area (Å²) in [5.41, 5.74) is 6.93. The number of ether oxygens (including phenoxy) is 1. The Balaban J connectivity index is 1.77. The first-order chi connectivity index (χ1) is 15.4. The van der Waals surface area contributed by atoms with Crippen LogP contribution in [-0.2, 0) is 16.1 Å². The van der Waals surface area contributed by atoms with Crippen LogP contribution in [0.4, 0.5) is 15.8 Å². The van der Waals surface area contributed by atoms with Crippen LogP contribution in [0.25, 0.3) is 0 Å². The maximum absolute atomic E-state index is 13.5. The largest absolute Gasteiger partial charge is 0.384 e. The van der Waals surface area contributed by atoms with E-state index < -0.39 is 23.5 Å². The Morgan fingerprint density at radius 2 is 1.94 bits per heavy atom. The van der Waals surface area contributed by atoms with E-state index in [0.29, 0.717) is 11.3 Å². The molecule has 0 aliphatic rings. The lowest BCUT2D eigenvalue weighted by atomic mass is 10.1. The average Bonchev–Trinajstić information content (AvgIpc) is 2.78. The first-order valence-electron chi connectivity index (χ1n) is 9.95. The number of anilines is 2. The standard InChI is InChI=1S/C23H24FN5O3/c1-2-32-23(21(30)27-14-15-8-10-16(11-9-15)20(25)26)29-12-4-7-19(22(29)31)28-18-6-3-5-17(24)13-18/h3-13,23,28H,2,14H2,1H3,(H3,25,26)(H,27,30). The van der Waals surface area contributed by atoms with Gasteiger partial charge in [0.25, 0.3) is 11.5 Å². The first-order valence-corrected chi connectivity index (χ1v) is 9.95. The van der Waals surface area contributed by atoms with Crippen molar-refractivity contribution < 1.29 is 13.9 Å². The quantitative estimate of drug-likeness (QED) is 0.303. The van der Waals surface area contributed by atoms with Crippen molar-refractivity contribution in [1.29, 1.82) is 5.41 Å². The number of nitrogens with zero attached hydrogens (tertiary/aromatic N) is 1. The van der Waals surface area contributed by atoms with Crippen LogP contribution in [0.3, 0.4) is 0 Å². The van der Waals surface area contributed by atoms with Crippen LogP contribution in [-0.4, -0.2) is 22.9 Å². The highest BCUT2D eigenvalue weighted by molar-refractivity contribution is 5.94. The van der Waals surface area contributed by atoms with Crippen molar-refractivity contribution in [2.45, 2.75) is 19.7 Å². The molecule has 0 saturated heterocycles. The Kier molecular flexibility index (Phi) is 7.35. The number of rotatable bonds is 9. The van der Waals surface area contributed by atoms with E-state index in [9.17, 15) is 14.0 Å². The molecule has 0 spiro atoms. The molecule has 0 saturated carbocycles. The van der Waals surface area contributed by atoms with Crippen molar-refractivity contribution in [2.75, 3.05) is 11.9 Å². The second-order valence-corrected chi connectivity index (χ2v) is 6.91. The number of amides is 1. The monoisotopic (exact) mass is 437 g/mol. The summed E-state index contributed by atoms with van der Waals surface area (Å²) < 4.78 is 20.2. The molecule has 1 aromatic heterocycles. The van der Waals surface area contributed by atoms with Crippen molar-refractivity contribution in [3.8, 4) is 0 Å². The number of hydrogen-bond donors (Lipinski definition) is 4. The SMILES string of the molecule is CCOC(C(=O)NCc1ccc(C(=N)N)cc1)n1cccc(Nc2cccc(F)c2)c1=O. The van der Waals surface area contributed by atoms with Gasteiger partial charge in [0, 0.05) is 30.6 Å². The van der Waals surface area contributed by atoms with Crippen molar-refractivity contribution in [3.05, 3.63) is 94.2 Å². The van der Waals surface area contributed by atoms with Gasteiger partial charge in [-0.05, 0) is 42.8 Å². The highest BCUT2D eigenvalue weighted by Crippen LogP contribution is 2.16. The zero-order valence-electron chi connectivity index (χ0n) is 17.5. The predicted molar refractivity (Wildman–Crippen MR) is 120 cm³/mol. The molecule has 0 aliphatic heterocycles. The molecule has 3 rings (SSSR count). The van der Waals surface area contributed by atoms with Crippen LogP contribution in [0.2, 0.25) is 0 Å². The molecule has 32 heavy (non-hydrogen) atoms. The van der Waals surface area contributed by atoms with E-state index in [-0.39, 0.29) is 24.7 Å². The third-order valence-corrected chi connectivity index (χ3v) is 4.61. The number of nitrogens with two attached hydrogens (primary N) is 1. The molecule has 5 N–H and O–H groups in total. The molecule has 1 heterocycles. The van der Waals surface area contributed by atoms with Crippen molar-refractivity contribution in [3.63, 3.8) is 0 Å². The van der Waals surface area contributed by atoms with Crippen LogP contribution >= 0.6 is 0 Å². The number of halogens is 1. The first kappa shape index (κ1) is 22.7. The molecule has 1 amide bonds. The summed E-state index contributed by atoms with van der Waals surface area (Å²) >= 11 is 0. The molecular weight excluding hydrogens is 413 g/mol. The van der Waals surface area contributed by atoms with Gasteiger partial charge in [-0.1, -0.05) is 30.3 Å². The summed E-state index contributed by atoms with van der Waals surface area (Å²) in [5.74, 6) is -0.968. The highest BCUT2D eigenvalue weighted by Gasteiger charge is 2.22. The van der Waals surface area contributed by atoms with E-state index in [1.807, 2.05) is 0 Å². The van der Waals surface area contributed by atoms with Crippen LogP contribution in [0.5, 0.6) is 0 Å². The molecule has 8 nitrogen and oxygen atoms in total. The van der Waals surface area contributed by atoms with Gasteiger partial charge in [-0.3, -0.25) is 19.6 Å². The minimum Gasteiger partial charge on any atom is -0.384 e. The summed E-state index contributed by atoms with van der Waals surface area (Å²) in [6.45, 7) is 2.14. The Morgan fingerprint density at radius 1 is 1.19 bits per heavy atom. The van der Waals surface area contributed by atoms with Crippen LogP contribution in [0.15, 0.2) is 71.7 Å². The van der Waals surface area contributed by atoms with Gasteiger partial charge in [-0.15, -0.1) is 0 Å². The smallest absolute Gasteiger partial charge is 0.276 e. The fraction of sp³-hybridized carbons (Fsp3) is 0.174. The highest BCUT2D eigenvalue weighted by atomic mass is 19.1. The number of benzene rings is 2. The Hall–Kier alpha value is -3.98. The second kappa shape index (κ2) is 10.4. The Morgan fingerprint density at radius 3 is 2.59 bits per heavy atom. The molecule has 3 aromatic rings. The lowest BCUT2D eigenvalue weighted by Gasteiger charge is -2.20. The minimum atomic E-state index is -1.18. The van der Waals surface area contributed by atoms with E-state index in [4.69, 9.17) is 15.9 Å². The number of hydrogen-bond acceptors (Lipinski definition) is 5. The van der Waals surface area contributed by atoms with Gasteiger partial charge in [-0.25, -0.2) is 4.39 Å². The third kappa shape index (κ3) is 5.58. The predicted octanol–water partition coefficient (Wildman–Crippen LogP) is 2.87. The summed E-state index contributed by atoms with van der Waals surface area (Å²) in [6.07, 6.45) is 0.277. The van der Waals surface area contributed by atoms with E-state index in [0.717, 1.165) is 5.56 Å². The number of carbonyl (C=O) groups excluding carboxylic acids is 1. The van der Waals surface area contributed by atoms with Gasteiger partial charge < -0.3 is 21.1 Å². The maximum atomic E-state index is 13.5. The lowest BCUT2D eigenvalue weighted by molar-refractivity contribution is -0.139. The van der Waals surface area contributed by atoms with E-state index in [1.54, 1.807) is 49.4 Å².